The largest absolute Gasteiger partial charge is 0.496 e. The lowest BCUT2D eigenvalue weighted by Gasteiger charge is -2.13. The van der Waals surface area contributed by atoms with E-state index in [1.54, 1.807) is 29.1 Å². The van der Waals surface area contributed by atoms with Gasteiger partial charge in [0.05, 0.1) is 36.5 Å². The minimum atomic E-state index is -2.58. The van der Waals surface area contributed by atoms with Crippen molar-refractivity contribution in [1.82, 2.24) is 9.78 Å². The maximum atomic E-state index is 12.9. The van der Waals surface area contributed by atoms with Gasteiger partial charge in [0, 0.05) is 24.6 Å². The summed E-state index contributed by atoms with van der Waals surface area (Å²) in [6.07, 6.45) is 1.48. The van der Waals surface area contributed by atoms with Crippen LogP contribution in [0.2, 0.25) is 5.02 Å². The van der Waals surface area contributed by atoms with Gasteiger partial charge in [0.2, 0.25) is 0 Å². The third kappa shape index (κ3) is 3.13. The van der Waals surface area contributed by atoms with Crippen molar-refractivity contribution < 1.29 is 18.3 Å². The number of alkyl halides is 2. The van der Waals surface area contributed by atoms with Crippen molar-refractivity contribution in [3.63, 3.8) is 0 Å². The second kappa shape index (κ2) is 6.00. The molecule has 1 aliphatic rings. The summed E-state index contributed by atoms with van der Waals surface area (Å²) in [7, 11) is 1.54. The molecule has 0 saturated heterocycles. The number of nitrogens with zero attached hydrogens (tertiary/aromatic N) is 2. The number of ether oxygens (including phenoxy) is 2. The van der Waals surface area contributed by atoms with Crippen LogP contribution in [0.1, 0.15) is 13.3 Å². The second-order valence-electron chi connectivity index (χ2n) is 5.49. The van der Waals surface area contributed by atoms with Gasteiger partial charge in [-0.05, 0) is 19.1 Å². The number of hydrogen-bond donors (Lipinski definition) is 0. The number of rotatable bonds is 6. The van der Waals surface area contributed by atoms with E-state index >= 15 is 0 Å². The average molecular weight is 343 g/mol. The van der Waals surface area contributed by atoms with Gasteiger partial charge in [-0.2, -0.15) is 5.10 Å². The number of halogens is 3. The number of hydrogen-bond acceptors (Lipinski definition) is 3. The molecule has 0 aliphatic heterocycles. The molecule has 2 aromatic rings. The fourth-order valence-corrected chi connectivity index (χ4v) is 2.72. The molecule has 0 bridgehead atoms. The van der Waals surface area contributed by atoms with E-state index in [0.717, 1.165) is 11.3 Å². The van der Waals surface area contributed by atoms with Crippen LogP contribution < -0.4 is 9.47 Å². The molecule has 23 heavy (non-hydrogen) atoms. The Kier molecular flexibility index (Phi) is 4.19. The molecule has 4 nitrogen and oxygen atoms in total. The van der Waals surface area contributed by atoms with E-state index in [-0.39, 0.29) is 13.0 Å². The lowest BCUT2D eigenvalue weighted by molar-refractivity contribution is 0.0856. The van der Waals surface area contributed by atoms with Crippen LogP contribution in [0.5, 0.6) is 11.5 Å². The maximum Gasteiger partial charge on any atom is 0.255 e. The molecule has 1 unspecified atom stereocenters. The summed E-state index contributed by atoms with van der Waals surface area (Å²) in [5.74, 6) is -2.22. The molecule has 124 valence electrons. The van der Waals surface area contributed by atoms with Gasteiger partial charge >= 0.3 is 0 Å². The van der Waals surface area contributed by atoms with Crippen molar-refractivity contribution in [3.05, 3.63) is 29.4 Å². The molecule has 1 saturated carbocycles. The first-order valence-corrected chi connectivity index (χ1v) is 7.74. The lowest BCUT2D eigenvalue weighted by atomic mass is 10.1. The van der Waals surface area contributed by atoms with Gasteiger partial charge in [0.1, 0.15) is 11.5 Å². The SMILES string of the molecule is CCn1ncc(Cl)c1-c1ccc(OCC2CC2(F)F)cc1OC. The van der Waals surface area contributed by atoms with Crippen molar-refractivity contribution >= 4 is 11.6 Å². The Morgan fingerprint density at radius 2 is 2.17 bits per heavy atom. The van der Waals surface area contributed by atoms with Gasteiger partial charge in [-0.3, -0.25) is 4.68 Å². The van der Waals surface area contributed by atoms with E-state index < -0.39 is 11.8 Å². The highest BCUT2D eigenvalue weighted by atomic mass is 35.5. The fraction of sp³-hybridized carbons (Fsp3) is 0.438. The molecular formula is C16H17ClF2N2O2. The first kappa shape index (κ1) is 16.1. The molecule has 0 radical (unpaired) electrons. The van der Waals surface area contributed by atoms with Crippen LogP contribution in [0.25, 0.3) is 11.3 Å². The van der Waals surface area contributed by atoms with Gasteiger partial charge in [-0.25, -0.2) is 8.78 Å². The van der Waals surface area contributed by atoms with Crippen molar-refractivity contribution in [1.29, 1.82) is 0 Å². The zero-order chi connectivity index (χ0) is 16.6. The molecule has 1 aromatic carbocycles. The summed E-state index contributed by atoms with van der Waals surface area (Å²) in [5, 5.41) is 4.73. The van der Waals surface area contributed by atoms with Crippen LogP contribution in [0.15, 0.2) is 24.4 Å². The highest BCUT2D eigenvalue weighted by Crippen LogP contribution is 2.48. The summed E-state index contributed by atoms with van der Waals surface area (Å²) >= 11 is 6.22. The van der Waals surface area contributed by atoms with Crippen LogP contribution in [-0.4, -0.2) is 29.4 Å². The van der Waals surface area contributed by atoms with Gasteiger partial charge in [0.25, 0.3) is 5.92 Å². The Hall–Kier alpha value is -1.82. The molecule has 1 atom stereocenters. The van der Waals surface area contributed by atoms with Crippen LogP contribution in [-0.2, 0) is 6.54 Å². The Morgan fingerprint density at radius 1 is 1.43 bits per heavy atom. The topological polar surface area (TPSA) is 36.3 Å². The summed E-state index contributed by atoms with van der Waals surface area (Å²) in [6, 6.07) is 5.20. The van der Waals surface area contributed by atoms with Gasteiger partial charge in [0.15, 0.2) is 0 Å². The van der Waals surface area contributed by atoms with E-state index in [4.69, 9.17) is 21.1 Å². The van der Waals surface area contributed by atoms with Crippen molar-refractivity contribution in [2.45, 2.75) is 25.8 Å². The standard InChI is InChI=1S/C16H17ClF2N2O2/c1-3-21-15(13(17)8-20-21)12-5-4-11(6-14(12)22-2)23-9-10-7-16(10,18)19/h4-6,8,10H,3,7,9H2,1-2H3. The molecule has 1 aliphatic carbocycles. The fourth-order valence-electron chi connectivity index (χ4n) is 2.47. The average Bonchev–Trinajstić information content (AvgIpc) is 2.98. The van der Waals surface area contributed by atoms with E-state index in [9.17, 15) is 8.78 Å². The van der Waals surface area contributed by atoms with E-state index in [1.165, 1.54) is 7.11 Å². The highest BCUT2D eigenvalue weighted by molar-refractivity contribution is 6.33. The van der Waals surface area contributed by atoms with Gasteiger partial charge in [-0.15, -0.1) is 0 Å². The molecule has 1 aromatic heterocycles. The Labute approximate surface area is 138 Å². The van der Waals surface area contributed by atoms with E-state index in [1.807, 2.05) is 6.92 Å². The van der Waals surface area contributed by atoms with Crippen molar-refractivity contribution in [2.24, 2.45) is 5.92 Å². The van der Waals surface area contributed by atoms with Gasteiger partial charge < -0.3 is 9.47 Å². The van der Waals surface area contributed by atoms with Gasteiger partial charge in [-0.1, -0.05) is 11.6 Å². The third-order valence-electron chi connectivity index (χ3n) is 3.93. The van der Waals surface area contributed by atoms with Crippen molar-refractivity contribution in [3.8, 4) is 22.8 Å². The molecule has 0 amide bonds. The van der Waals surface area contributed by atoms with E-state index in [0.29, 0.717) is 23.1 Å². The first-order valence-electron chi connectivity index (χ1n) is 7.36. The third-order valence-corrected chi connectivity index (χ3v) is 4.21. The van der Waals surface area contributed by atoms with Crippen LogP contribution >= 0.6 is 11.6 Å². The Balaban J connectivity index is 1.84. The van der Waals surface area contributed by atoms with Crippen LogP contribution in [0.3, 0.4) is 0 Å². The quantitative estimate of drug-likeness (QED) is 0.786. The molecule has 7 heteroatoms. The molecule has 0 N–H and O–H groups in total. The smallest absolute Gasteiger partial charge is 0.255 e. The summed E-state index contributed by atoms with van der Waals surface area (Å²) in [5.41, 5.74) is 1.53. The Morgan fingerprint density at radius 3 is 2.78 bits per heavy atom. The minimum Gasteiger partial charge on any atom is -0.496 e. The predicted octanol–water partition coefficient (Wildman–Crippen LogP) is 4.27. The Bertz CT molecular complexity index is 718. The minimum absolute atomic E-state index is 0.00312. The zero-order valence-corrected chi connectivity index (χ0v) is 13.6. The normalized spacial score (nSPS) is 18.7. The second-order valence-corrected chi connectivity index (χ2v) is 5.90. The highest BCUT2D eigenvalue weighted by Gasteiger charge is 2.57. The summed E-state index contributed by atoms with van der Waals surface area (Å²) < 4.78 is 38.4. The molecule has 0 spiro atoms. The summed E-state index contributed by atoms with van der Waals surface area (Å²) in [6.45, 7) is 2.63. The summed E-state index contributed by atoms with van der Waals surface area (Å²) in [4.78, 5) is 0. The predicted molar refractivity (Wildman–Crippen MR) is 83.4 cm³/mol. The van der Waals surface area contributed by atoms with Crippen molar-refractivity contribution in [2.75, 3.05) is 13.7 Å². The van der Waals surface area contributed by atoms with Crippen LogP contribution in [0, 0.1) is 5.92 Å². The molecule has 1 fully saturated rings. The first-order chi connectivity index (χ1) is 11.0. The maximum absolute atomic E-state index is 12.9. The number of methoxy groups -OCH3 is 1. The number of aromatic nitrogens is 2. The lowest BCUT2D eigenvalue weighted by Crippen LogP contribution is -2.06. The molecule has 3 rings (SSSR count). The van der Waals surface area contributed by atoms with Crippen LogP contribution in [0.4, 0.5) is 8.78 Å². The molecule has 1 heterocycles. The number of aryl methyl sites for hydroxylation is 1. The zero-order valence-electron chi connectivity index (χ0n) is 12.9. The monoisotopic (exact) mass is 342 g/mol. The number of benzene rings is 1. The van der Waals surface area contributed by atoms with E-state index in [2.05, 4.69) is 5.10 Å². The molecular weight excluding hydrogens is 326 g/mol.